The lowest BCUT2D eigenvalue weighted by atomic mass is 10.1. The molecular weight excluding hydrogens is 220 g/mol. The smallest absolute Gasteiger partial charge is 0.241 e. The number of aliphatic hydroxyl groups excluding tert-OH is 1. The highest BCUT2D eigenvalue weighted by atomic mass is 16.5. The highest BCUT2D eigenvalue weighted by Crippen LogP contribution is 2.08. The molecule has 0 fully saturated rings. The van der Waals surface area contributed by atoms with Crippen molar-refractivity contribution in [3.05, 3.63) is 35.9 Å². The number of nitrogens with one attached hydrogen (secondary N) is 1. The molecule has 0 aliphatic rings. The Bertz CT molecular complexity index is 330. The number of benzene rings is 1. The summed E-state index contributed by atoms with van der Waals surface area (Å²) in [5.74, 6) is -0.233. The van der Waals surface area contributed by atoms with Crippen molar-refractivity contribution in [1.29, 1.82) is 0 Å². The topological polar surface area (TPSA) is 84.6 Å². The molecule has 1 aromatic rings. The maximum Gasteiger partial charge on any atom is 0.241 e. The second-order valence-electron chi connectivity index (χ2n) is 3.52. The summed E-state index contributed by atoms with van der Waals surface area (Å²) in [6.45, 7) is 1.02. The van der Waals surface area contributed by atoms with Gasteiger partial charge in [0, 0.05) is 6.54 Å². The number of aliphatic hydroxyl groups is 1. The van der Waals surface area contributed by atoms with E-state index in [2.05, 4.69) is 5.32 Å². The van der Waals surface area contributed by atoms with E-state index in [-0.39, 0.29) is 19.1 Å². The number of nitrogens with two attached hydrogens (primary N) is 1. The first kappa shape index (κ1) is 13.6. The number of amides is 1. The van der Waals surface area contributed by atoms with Gasteiger partial charge in [0.25, 0.3) is 0 Å². The lowest BCUT2D eigenvalue weighted by Gasteiger charge is -2.12. The van der Waals surface area contributed by atoms with Crippen molar-refractivity contribution in [2.75, 3.05) is 26.4 Å². The molecule has 94 valence electrons. The predicted molar refractivity (Wildman–Crippen MR) is 64.3 cm³/mol. The second-order valence-corrected chi connectivity index (χ2v) is 3.52. The van der Waals surface area contributed by atoms with Gasteiger partial charge in [-0.25, -0.2) is 0 Å². The molecule has 0 saturated heterocycles. The van der Waals surface area contributed by atoms with Gasteiger partial charge in [0.15, 0.2) is 0 Å². The molecule has 0 unspecified atom stereocenters. The molecular formula is C12H18N2O3. The minimum Gasteiger partial charge on any atom is -0.394 e. The number of hydrogen-bond donors (Lipinski definition) is 3. The average molecular weight is 238 g/mol. The van der Waals surface area contributed by atoms with E-state index < -0.39 is 6.04 Å². The summed E-state index contributed by atoms with van der Waals surface area (Å²) < 4.78 is 5.01. The number of carbonyl (C=O) groups excluding carboxylic acids is 1. The molecule has 4 N–H and O–H groups in total. The molecule has 0 radical (unpaired) electrons. The van der Waals surface area contributed by atoms with Crippen molar-refractivity contribution in [2.45, 2.75) is 6.04 Å². The first-order valence-corrected chi connectivity index (χ1v) is 5.52. The minimum atomic E-state index is -0.658. The van der Waals surface area contributed by atoms with Gasteiger partial charge in [-0.1, -0.05) is 30.3 Å². The molecule has 0 aromatic heterocycles. The van der Waals surface area contributed by atoms with Crippen LogP contribution in [0.25, 0.3) is 0 Å². The van der Waals surface area contributed by atoms with Crippen LogP contribution in [0, 0.1) is 0 Å². The number of carbonyl (C=O) groups is 1. The van der Waals surface area contributed by atoms with E-state index in [1.54, 1.807) is 0 Å². The van der Waals surface area contributed by atoms with Crippen molar-refractivity contribution < 1.29 is 14.6 Å². The molecule has 1 atom stereocenters. The van der Waals surface area contributed by atoms with Gasteiger partial charge >= 0.3 is 0 Å². The largest absolute Gasteiger partial charge is 0.394 e. The molecule has 0 spiro atoms. The minimum absolute atomic E-state index is 0.0164. The van der Waals surface area contributed by atoms with Crippen molar-refractivity contribution in [2.24, 2.45) is 5.73 Å². The van der Waals surface area contributed by atoms with Crippen molar-refractivity contribution in [1.82, 2.24) is 5.32 Å². The quantitative estimate of drug-likeness (QED) is 0.575. The molecule has 17 heavy (non-hydrogen) atoms. The molecule has 0 aliphatic heterocycles. The monoisotopic (exact) mass is 238 g/mol. The Labute approximate surface area is 101 Å². The number of rotatable bonds is 7. The van der Waals surface area contributed by atoms with Gasteiger partial charge in [0.2, 0.25) is 5.91 Å². The molecule has 0 aliphatic carbocycles. The van der Waals surface area contributed by atoms with E-state index in [4.69, 9.17) is 15.6 Å². The van der Waals surface area contributed by atoms with Crippen molar-refractivity contribution in [3.8, 4) is 0 Å². The molecule has 0 heterocycles. The Kier molecular flexibility index (Phi) is 6.24. The standard InChI is InChI=1S/C12H18N2O3/c13-11(10-4-2-1-3-5-10)12(16)14-6-8-17-9-7-15/h1-5,11,15H,6-9,13H2,(H,14,16)/t11-/m0/s1. The molecule has 1 rings (SSSR count). The molecule has 0 bridgehead atoms. The van der Waals surface area contributed by atoms with Crippen LogP contribution in [0.1, 0.15) is 11.6 Å². The number of ether oxygens (including phenoxy) is 1. The fourth-order valence-electron chi connectivity index (χ4n) is 1.33. The fourth-order valence-corrected chi connectivity index (χ4v) is 1.33. The van der Waals surface area contributed by atoms with E-state index in [0.717, 1.165) is 5.56 Å². The number of hydrogen-bond acceptors (Lipinski definition) is 4. The first-order chi connectivity index (χ1) is 8.25. The third kappa shape index (κ3) is 4.95. The lowest BCUT2D eigenvalue weighted by Crippen LogP contribution is -2.36. The summed E-state index contributed by atoms with van der Waals surface area (Å²) in [7, 11) is 0. The second kappa shape index (κ2) is 7.78. The Balaban J connectivity index is 2.28. The summed E-state index contributed by atoms with van der Waals surface area (Å²) in [6.07, 6.45) is 0. The summed E-state index contributed by atoms with van der Waals surface area (Å²) in [5.41, 5.74) is 6.57. The van der Waals surface area contributed by atoms with Crippen LogP contribution in [0.3, 0.4) is 0 Å². The SMILES string of the molecule is N[C@H](C(=O)NCCOCCO)c1ccccc1. The van der Waals surface area contributed by atoms with Gasteiger partial charge in [-0.2, -0.15) is 0 Å². The summed E-state index contributed by atoms with van der Waals surface area (Å²) in [5, 5.41) is 11.1. The van der Waals surface area contributed by atoms with Gasteiger partial charge in [0.05, 0.1) is 19.8 Å². The van der Waals surface area contributed by atoms with E-state index in [0.29, 0.717) is 13.2 Å². The highest BCUT2D eigenvalue weighted by molar-refractivity contribution is 5.82. The van der Waals surface area contributed by atoms with Gasteiger partial charge < -0.3 is 20.9 Å². The van der Waals surface area contributed by atoms with Crippen LogP contribution in [-0.2, 0) is 9.53 Å². The van der Waals surface area contributed by atoms with Crippen LogP contribution < -0.4 is 11.1 Å². The van der Waals surface area contributed by atoms with Gasteiger partial charge in [-0.05, 0) is 5.56 Å². The zero-order valence-corrected chi connectivity index (χ0v) is 9.63. The Morgan fingerprint density at radius 2 is 2.06 bits per heavy atom. The normalized spacial score (nSPS) is 12.1. The molecule has 5 nitrogen and oxygen atoms in total. The first-order valence-electron chi connectivity index (χ1n) is 5.52. The maximum atomic E-state index is 11.6. The van der Waals surface area contributed by atoms with Crippen LogP contribution in [0.15, 0.2) is 30.3 Å². The van der Waals surface area contributed by atoms with Gasteiger partial charge in [-0.15, -0.1) is 0 Å². The van der Waals surface area contributed by atoms with Crippen molar-refractivity contribution >= 4 is 5.91 Å². The lowest BCUT2D eigenvalue weighted by molar-refractivity contribution is -0.122. The summed E-state index contributed by atoms with van der Waals surface area (Å²) in [4.78, 5) is 11.6. The molecule has 1 aromatic carbocycles. The van der Waals surface area contributed by atoms with Crippen LogP contribution in [0.5, 0.6) is 0 Å². The third-order valence-corrected chi connectivity index (χ3v) is 2.22. The zero-order chi connectivity index (χ0) is 12.5. The van der Waals surface area contributed by atoms with E-state index in [9.17, 15) is 4.79 Å². The van der Waals surface area contributed by atoms with E-state index in [1.165, 1.54) is 0 Å². The maximum absolute atomic E-state index is 11.6. The Morgan fingerprint density at radius 1 is 1.35 bits per heavy atom. The predicted octanol–water partition coefficient (Wildman–Crippen LogP) is -0.188. The van der Waals surface area contributed by atoms with Crippen LogP contribution in [-0.4, -0.2) is 37.4 Å². The van der Waals surface area contributed by atoms with Crippen LogP contribution in [0.4, 0.5) is 0 Å². The average Bonchev–Trinajstić information content (AvgIpc) is 2.38. The van der Waals surface area contributed by atoms with Gasteiger partial charge in [0.1, 0.15) is 6.04 Å². The van der Waals surface area contributed by atoms with Crippen LogP contribution >= 0.6 is 0 Å². The summed E-state index contributed by atoms with van der Waals surface area (Å²) in [6, 6.07) is 8.52. The Morgan fingerprint density at radius 3 is 2.71 bits per heavy atom. The van der Waals surface area contributed by atoms with Gasteiger partial charge in [-0.3, -0.25) is 4.79 Å². The van der Waals surface area contributed by atoms with E-state index >= 15 is 0 Å². The third-order valence-electron chi connectivity index (χ3n) is 2.22. The van der Waals surface area contributed by atoms with Crippen LogP contribution in [0.2, 0.25) is 0 Å². The Hall–Kier alpha value is -1.43. The van der Waals surface area contributed by atoms with Crippen molar-refractivity contribution in [3.63, 3.8) is 0 Å². The molecule has 0 saturated carbocycles. The molecule has 1 amide bonds. The fraction of sp³-hybridized carbons (Fsp3) is 0.417. The highest BCUT2D eigenvalue weighted by Gasteiger charge is 2.14. The molecule has 5 heteroatoms. The summed E-state index contributed by atoms with van der Waals surface area (Å²) >= 11 is 0. The zero-order valence-electron chi connectivity index (χ0n) is 9.63. The van der Waals surface area contributed by atoms with E-state index in [1.807, 2.05) is 30.3 Å².